The number of nitrogens with zero attached hydrogens (tertiary/aromatic N) is 3. The van der Waals surface area contributed by atoms with E-state index in [1.807, 2.05) is 46.1 Å². The highest BCUT2D eigenvalue weighted by atomic mass is 16.1. The Morgan fingerprint density at radius 1 is 1.45 bits per heavy atom. The van der Waals surface area contributed by atoms with Gasteiger partial charge in [-0.15, -0.1) is 0 Å². The Hall–Kier alpha value is -2.17. The van der Waals surface area contributed by atoms with Gasteiger partial charge in [-0.2, -0.15) is 5.10 Å². The summed E-state index contributed by atoms with van der Waals surface area (Å²) in [7, 11) is 1.85. The molecule has 1 atom stereocenters. The smallest absolute Gasteiger partial charge is 0.255 e. The molecule has 0 aliphatic carbocycles. The third-order valence-electron chi connectivity index (χ3n) is 3.38. The number of carbonyl (C=O) groups is 1. The predicted octanol–water partition coefficient (Wildman–Crippen LogP) is 1.79. The highest BCUT2D eigenvalue weighted by Crippen LogP contribution is 2.12. The maximum absolute atomic E-state index is 12.3. The number of carbonyl (C=O) groups excluding carboxylic acids is 1. The van der Waals surface area contributed by atoms with Crippen molar-refractivity contribution in [2.45, 2.75) is 33.2 Å². The van der Waals surface area contributed by atoms with E-state index in [-0.39, 0.29) is 11.9 Å². The molecule has 5 nitrogen and oxygen atoms in total. The summed E-state index contributed by atoms with van der Waals surface area (Å²) in [6.07, 6.45) is 4.33. The molecule has 0 aliphatic rings. The second kappa shape index (κ2) is 5.86. The molecule has 0 aliphatic heterocycles. The molecular weight excluding hydrogens is 252 g/mol. The van der Waals surface area contributed by atoms with Gasteiger partial charge in [0.15, 0.2) is 0 Å². The Kier molecular flexibility index (Phi) is 4.17. The van der Waals surface area contributed by atoms with Gasteiger partial charge in [-0.3, -0.25) is 14.5 Å². The Balaban J connectivity index is 2.04. The largest absolute Gasteiger partial charge is 0.349 e. The summed E-state index contributed by atoms with van der Waals surface area (Å²) in [5, 5.41) is 7.29. The zero-order valence-electron chi connectivity index (χ0n) is 12.3. The minimum Gasteiger partial charge on any atom is -0.349 e. The Bertz CT molecular complexity index is 604. The highest BCUT2D eigenvalue weighted by molar-refractivity contribution is 5.96. The molecule has 106 valence electrons. The van der Waals surface area contributed by atoms with Crippen LogP contribution in [0.1, 0.15) is 34.2 Å². The minimum absolute atomic E-state index is 0.0470. The zero-order valence-corrected chi connectivity index (χ0v) is 12.3. The van der Waals surface area contributed by atoms with Gasteiger partial charge in [0, 0.05) is 31.2 Å². The molecule has 5 heteroatoms. The first-order chi connectivity index (χ1) is 9.49. The monoisotopic (exact) mass is 272 g/mol. The van der Waals surface area contributed by atoms with E-state index in [1.165, 1.54) is 0 Å². The van der Waals surface area contributed by atoms with Crippen molar-refractivity contribution in [1.82, 2.24) is 20.1 Å². The summed E-state index contributed by atoms with van der Waals surface area (Å²) in [5.41, 5.74) is 3.43. The second-order valence-electron chi connectivity index (χ2n) is 5.11. The van der Waals surface area contributed by atoms with Gasteiger partial charge in [-0.25, -0.2) is 0 Å². The van der Waals surface area contributed by atoms with E-state index >= 15 is 0 Å². The molecule has 2 rings (SSSR count). The van der Waals surface area contributed by atoms with Crippen molar-refractivity contribution < 1.29 is 4.79 Å². The van der Waals surface area contributed by atoms with Gasteiger partial charge in [-0.1, -0.05) is 6.07 Å². The van der Waals surface area contributed by atoms with E-state index in [0.717, 1.165) is 23.4 Å². The average Bonchev–Trinajstić information content (AvgIpc) is 2.64. The van der Waals surface area contributed by atoms with Crippen LogP contribution in [-0.2, 0) is 13.5 Å². The molecule has 1 amide bonds. The lowest BCUT2D eigenvalue weighted by molar-refractivity contribution is 0.0939. The lowest BCUT2D eigenvalue weighted by Gasteiger charge is -2.14. The molecule has 20 heavy (non-hydrogen) atoms. The quantitative estimate of drug-likeness (QED) is 0.923. The van der Waals surface area contributed by atoms with E-state index in [9.17, 15) is 4.79 Å². The van der Waals surface area contributed by atoms with Crippen LogP contribution in [0.4, 0.5) is 0 Å². The molecule has 2 aromatic heterocycles. The summed E-state index contributed by atoms with van der Waals surface area (Å²) >= 11 is 0. The molecule has 0 unspecified atom stereocenters. The summed E-state index contributed by atoms with van der Waals surface area (Å²) in [6.45, 7) is 5.75. The highest BCUT2D eigenvalue weighted by Gasteiger charge is 2.18. The van der Waals surface area contributed by atoms with Gasteiger partial charge in [0.2, 0.25) is 0 Å². The fourth-order valence-corrected chi connectivity index (χ4v) is 2.32. The molecule has 0 bridgehead atoms. The molecule has 0 saturated heterocycles. The number of hydrogen-bond acceptors (Lipinski definition) is 3. The fourth-order valence-electron chi connectivity index (χ4n) is 2.32. The van der Waals surface area contributed by atoms with Crippen LogP contribution in [0.5, 0.6) is 0 Å². The number of aromatic nitrogens is 3. The first-order valence-corrected chi connectivity index (χ1v) is 6.69. The van der Waals surface area contributed by atoms with Crippen molar-refractivity contribution in [3.8, 4) is 0 Å². The van der Waals surface area contributed by atoms with Crippen molar-refractivity contribution in [1.29, 1.82) is 0 Å². The maximum atomic E-state index is 12.3. The molecular formula is C15H20N4O. The van der Waals surface area contributed by atoms with Crippen molar-refractivity contribution in [2.24, 2.45) is 7.05 Å². The van der Waals surface area contributed by atoms with Gasteiger partial charge in [-0.05, 0) is 38.8 Å². The van der Waals surface area contributed by atoms with E-state index in [1.54, 1.807) is 10.9 Å². The molecule has 0 aromatic carbocycles. The Morgan fingerprint density at radius 2 is 2.20 bits per heavy atom. The molecule has 0 spiro atoms. The number of rotatable bonds is 4. The predicted molar refractivity (Wildman–Crippen MR) is 77.6 cm³/mol. The van der Waals surface area contributed by atoms with Crippen LogP contribution in [0, 0.1) is 13.8 Å². The van der Waals surface area contributed by atoms with Crippen molar-refractivity contribution >= 4 is 5.91 Å². The third kappa shape index (κ3) is 3.04. The third-order valence-corrected chi connectivity index (χ3v) is 3.38. The van der Waals surface area contributed by atoms with Crippen LogP contribution in [0.25, 0.3) is 0 Å². The molecule has 0 saturated carbocycles. The van der Waals surface area contributed by atoms with E-state index in [2.05, 4.69) is 15.4 Å². The van der Waals surface area contributed by atoms with Crippen molar-refractivity contribution in [3.63, 3.8) is 0 Å². The van der Waals surface area contributed by atoms with Gasteiger partial charge >= 0.3 is 0 Å². The minimum atomic E-state index is -0.0653. The topological polar surface area (TPSA) is 59.8 Å². The van der Waals surface area contributed by atoms with Crippen LogP contribution < -0.4 is 5.32 Å². The molecule has 0 radical (unpaired) electrons. The van der Waals surface area contributed by atoms with E-state index < -0.39 is 0 Å². The second-order valence-corrected chi connectivity index (χ2v) is 5.11. The summed E-state index contributed by atoms with van der Waals surface area (Å²) < 4.78 is 1.73. The van der Waals surface area contributed by atoms with Gasteiger partial charge in [0.05, 0.1) is 11.3 Å². The van der Waals surface area contributed by atoms with Gasteiger partial charge < -0.3 is 5.32 Å². The van der Waals surface area contributed by atoms with Crippen molar-refractivity contribution in [2.75, 3.05) is 0 Å². The van der Waals surface area contributed by atoms with Crippen LogP contribution in [0.2, 0.25) is 0 Å². The first kappa shape index (κ1) is 14.2. The molecule has 2 heterocycles. The maximum Gasteiger partial charge on any atom is 0.255 e. The van der Waals surface area contributed by atoms with E-state index in [0.29, 0.717) is 5.56 Å². The van der Waals surface area contributed by atoms with Gasteiger partial charge in [0.25, 0.3) is 5.91 Å². The fraction of sp³-hybridized carbons (Fsp3) is 0.400. The lowest BCUT2D eigenvalue weighted by Crippen LogP contribution is -2.34. The first-order valence-electron chi connectivity index (χ1n) is 6.69. The van der Waals surface area contributed by atoms with Crippen LogP contribution in [0.15, 0.2) is 24.5 Å². The molecule has 1 N–H and O–H groups in total. The van der Waals surface area contributed by atoms with E-state index in [4.69, 9.17) is 0 Å². The zero-order chi connectivity index (χ0) is 14.7. The lowest BCUT2D eigenvalue weighted by atomic mass is 10.1. The Labute approximate surface area is 119 Å². The normalized spacial score (nSPS) is 12.2. The average molecular weight is 272 g/mol. The number of aryl methyl sites for hydroxylation is 2. The summed E-state index contributed by atoms with van der Waals surface area (Å²) in [6, 6.07) is 3.96. The SMILES string of the molecule is Cc1nn(C)c(C)c1C(=O)N[C@H](C)Cc1cccnc1. The number of amides is 1. The molecule has 0 fully saturated rings. The summed E-state index contributed by atoms with van der Waals surface area (Å²) in [4.78, 5) is 16.4. The molecule has 2 aromatic rings. The number of pyridine rings is 1. The number of hydrogen-bond donors (Lipinski definition) is 1. The van der Waals surface area contributed by atoms with Crippen LogP contribution >= 0.6 is 0 Å². The van der Waals surface area contributed by atoms with Gasteiger partial charge in [0.1, 0.15) is 0 Å². The Morgan fingerprint density at radius 3 is 2.75 bits per heavy atom. The number of nitrogens with one attached hydrogen (secondary N) is 1. The summed E-state index contributed by atoms with van der Waals surface area (Å²) in [5.74, 6) is -0.0653. The van der Waals surface area contributed by atoms with Crippen LogP contribution in [0.3, 0.4) is 0 Å². The standard InChI is InChI=1S/C15H20N4O/c1-10(8-13-6-5-7-16-9-13)17-15(20)14-11(2)18-19(4)12(14)3/h5-7,9-10H,8H2,1-4H3,(H,17,20)/t10-/m1/s1. The van der Waals surface area contributed by atoms with Crippen molar-refractivity contribution in [3.05, 3.63) is 47.0 Å². The van der Waals surface area contributed by atoms with Crippen LogP contribution in [-0.4, -0.2) is 26.7 Å².